The van der Waals surface area contributed by atoms with Crippen molar-refractivity contribution in [2.24, 2.45) is 4.99 Å². The smallest absolute Gasteiger partial charge is 0.434 e. The SMILES string of the molecule is C[C@@H](CC1=C[N@+](C(=O)O)(c2ccc([N+](=O)[O-])cc2[N+](=O)[O-])C=N1)N(C)OC(=C=O)c1ccccc1. The highest BCUT2D eigenvalue weighted by Crippen LogP contribution is 2.39. The van der Waals surface area contributed by atoms with Gasteiger partial charge in [0.05, 0.1) is 9.85 Å². The van der Waals surface area contributed by atoms with Gasteiger partial charge in [-0.2, -0.15) is 4.79 Å². The minimum atomic E-state index is -1.49. The maximum atomic E-state index is 12.2. The van der Waals surface area contributed by atoms with Gasteiger partial charge in [0.15, 0.2) is 5.94 Å². The number of carbonyl (C=O) groups is 1. The van der Waals surface area contributed by atoms with Crippen molar-refractivity contribution in [3.8, 4) is 0 Å². The lowest BCUT2D eigenvalue weighted by Crippen LogP contribution is -2.46. The number of non-ortho nitro benzene ring substituents is 1. The molecule has 1 N–H and O–H groups in total. The van der Waals surface area contributed by atoms with Gasteiger partial charge in [-0.1, -0.05) is 30.3 Å². The summed E-state index contributed by atoms with van der Waals surface area (Å²) in [4.78, 5) is 54.2. The monoisotopic (exact) mass is 482 g/mol. The van der Waals surface area contributed by atoms with Gasteiger partial charge in [0, 0.05) is 37.2 Å². The Balaban J connectivity index is 1.87. The number of benzene rings is 2. The molecule has 0 radical (unpaired) electrons. The van der Waals surface area contributed by atoms with Crippen LogP contribution < -0.4 is 4.48 Å². The molecule has 1 aliphatic heterocycles. The highest BCUT2D eigenvalue weighted by atomic mass is 16.7. The lowest BCUT2D eigenvalue weighted by atomic mass is 10.1. The van der Waals surface area contributed by atoms with Crippen molar-refractivity contribution < 1.29 is 29.4 Å². The summed E-state index contributed by atoms with van der Waals surface area (Å²) < 4.78 is -1.15. The first kappa shape index (κ1) is 24.9. The first-order chi connectivity index (χ1) is 16.6. The second kappa shape index (κ2) is 10.1. The van der Waals surface area contributed by atoms with Gasteiger partial charge >= 0.3 is 11.8 Å². The summed E-state index contributed by atoms with van der Waals surface area (Å²) in [5.74, 6) is 1.70. The molecule has 0 aromatic heterocycles. The molecule has 0 bridgehead atoms. The van der Waals surface area contributed by atoms with Gasteiger partial charge in [0.25, 0.3) is 5.69 Å². The predicted octanol–water partition coefficient (Wildman–Crippen LogP) is 3.89. The summed E-state index contributed by atoms with van der Waals surface area (Å²) in [6.45, 7) is 1.74. The fourth-order valence-electron chi connectivity index (χ4n) is 3.38. The van der Waals surface area contributed by atoms with Crippen molar-refractivity contribution in [2.45, 2.75) is 19.4 Å². The molecule has 2 aromatic rings. The van der Waals surface area contributed by atoms with Gasteiger partial charge < -0.3 is 9.94 Å². The number of carbonyl (C=O) groups excluding carboxylic acids is 1. The summed E-state index contributed by atoms with van der Waals surface area (Å²) in [5.41, 5.74) is -0.803. The van der Waals surface area contributed by atoms with Crippen LogP contribution >= 0.6 is 0 Å². The third-order valence-electron chi connectivity index (χ3n) is 5.33. The van der Waals surface area contributed by atoms with E-state index in [4.69, 9.17) is 4.84 Å². The molecule has 180 valence electrons. The van der Waals surface area contributed by atoms with E-state index in [0.29, 0.717) is 11.6 Å². The van der Waals surface area contributed by atoms with Crippen LogP contribution in [-0.2, 0) is 9.63 Å². The number of hydrogen-bond donors (Lipinski definition) is 1. The highest BCUT2D eigenvalue weighted by Gasteiger charge is 2.47. The summed E-state index contributed by atoms with van der Waals surface area (Å²) in [6.07, 6.45) is 0.865. The first-order valence-corrected chi connectivity index (χ1v) is 10.1. The van der Waals surface area contributed by atoms with Crippen LogP contribution in [0.4, 0.5) is 21.9 Å². The quantitative estimate of drug-likeness (QED) is 0.183. The van der Waals surface area contributed by atoms with Crippen LogP contribution in [0.15, 0.2) is 65.4 Å². The molecule has 0 saturated carbocycles. The third kappa shape index (κ3) is 5.12. The summed E-state index contributed by atoms with van der Waals surface area (Å²) in [7, 11) is 1.57. The summed E-state index contributed by atoms with van der Waals surface area (Å²) >= 11 is 0. The molecule has 1 amide bonds. The van der Waals surface area contributed by atoms with Crippen LogP contribution in [0.2, 0.25) is 0 Å². The molecule has 0 unspecified atom stereocenters. The standard InChI is InChI=1S/C22H19N5O8/c1-15(24(2)35-21(13-28)16-6-4-3-5-7-16)10-17-12-27(14-23-17,22(29)30)20-9-8-18(25(31)32)11-19(20)26(33)34/h3-9,11-12,14-15H,10H2,1-2H3/p+1/t15-,27+/m0/s1. The average Bonchev–Trinajstić information content (AvgIpc) is 3.27. The normalized spacial score (nSPS) is 17.4. The highest BCUT2D eigenvalue weighted by molar-refractivity contribution is 6.03. The Kier molecular flexibility index (Phi) is 7.16. The Labute approximate surface area is 198 Å². The average molecular weight is 482 g/mol. The van der Waals surface area contributed by atoms with E-state index >= 15 is 0 Å². The molecule has 2 aromatic carbocycles. The molecule has 1 heterocycles. The topological polar surface area (TPSA) is 165 Å². The molecular weight excluding hydrogens is 462 g/mol. The minimum absolute atomic E-state index is 0.0407. The van der Waals surface area contributed by atoms with Crippen molar-refractivity contribution in [3.05, 3.63) is 86.2 Å². The number of amides is 1. The van der Waals surface area contributed by atoms with Gasteiger partial charge in [-0.05, 0) is 6.92 Å². The van der Waals surface area contributed by atoms with Crippen molar-refractivity contribution in [2.75, 3.05) is 7.05 Å². The number of nitrogens with zero attached hydrogens (tertiary/aromatic N) is 5. The van der Waals surface area contributed by atoms with E-state index in [0.717, 1.165) is 18.5 Å². The third-order valence-corrected chi connectivity index (χ3v) is 5.33. The molecule has 13 heteroatoms. The predicted molar refractivity (Wildman–Crippen MR) is 125 cm³/mol. The fourth-order valence-corrected chi connectivity index (χ4v) is 3.38. The molecule has 2 atom stereocenters. The van der Waals surface area contributed by atoms with Crippen molar-refractivity contribution in [1.29, 1.82) is 0 Å². The Morgan fingerprint density at radius 1 is 1.20 bits per heavy atom. The minimum Gasteiger partial charge on any atom is -0.434 e. The fraction of sp³-hybridized carbons (Fsp3) is 0.182. The second-order valence-corrected chi connectivity index (χ2v) is 7.60. The maximum Gasteiger partial charge on any atom is 0.529 e. The van der Waals surface area contributed by atoms with Crippen molar-refractivity contribution >= 4 is 41.2 Å². The lowest BCUT2D eigenvalue weighted by molar-refractivity contribution is -0.393. The first-order valence-electron chi connectivity index (χ1n) is 10.1. The molecule has 0 saturated heterocycles. The Morgan fingerprint density at radius 3 is 2.46 bits per heavy atom. The molecule has 13 nitrogen and oxygen atoms in total. The molecule has 0 aliphatic carbocycles. The van der Waals surface area contributed by atoms with E-state index in [1.54, 1.807) is 50.2 Å². The number of nitro benzene ring substituents is 2. The largest absolute Gasteiger partial charge is 0.529 e. The zero-order chi connectivity index (χ0) is 25.8. The van der Waals surface area contributed by atoms with Crippen LogP contribution in [0.5, 0.6) is 0 Å². The number of hydrogen-bond acceptors (Lipinski definition) is 9. The number of hydroxylamine groups is 2. The Morgan fingerprint density at radius 2 is 1.89 bits per heavy atom. The number of aliphatic imine (C=N–C) groups is 1. The Hall–Kier alpha value is -4.71. The number of carboxylic acid groups (broad SMARTS) is 1. The lowest BCUT2D eigenvalue weighted by Gasteiger charge is -2.24. The van der Waals surface area contributed by atoms with E-state index in [1.165, 1.54) is 11.3 Å². The van der Waals surface area contributed by atoms with Gasteiger partial charge in [0.2, 0.25) is 17.8 Å². The molecule has 1 aliphatic rings. The van der Waals surface area contributed by atoms with Gasteiger partial charge in [-0.25, -0.2) is 9.79 Å². The Bertz CT molecular complexity index is 1290. The second-order valence-electron chi connectivity index (χ2n) is 7.60. The van der Waals surface area contributed by atoms with Crippen molar-refractivity contribution in [1.82, 2.24) is 9.55 Å². The van der Waals surface area contributed by atoms with E-state index in [1.807, 2.05) is 0 Å². The van der Waals surface area contributed by atoms with Crippen molar-refractivity contribution in [3.63, 3.8) is 0 Å². The van der Waals surface area contributed by atoms with Gasteiger partial charge in [-0.3, -0.25) is 20.2 Å². The number of rotatable bonds is 9. The molecule has 35 heavy (non-hydrogen) atoms. The van der Waals surface area contributed by atoms with Crippen LogP contribution in [0.25, 0.3) is 5.76 Å². The van der Waals surface area contributed by atoms with Gasteiger partial charge in [-0.15, -0.1) is 9.55 Å². The molecule has 0 fully saturated rings. The van der Waals surface area contributed by atoms with Crippen LogP contribution in [-0.4, -0.2) is 51.5 Å². The zero-order valence-corrected chi connectivity index (χ0v) is 18.6. The summed E-state index contributed by atoms with van der Waals surface area (Å²) in [6, 6.07) is 10.9. The van der Waals surface area contributed by atoms with Crippen LogP contribution in [0.1, 0.15) is 18.9 Å². The zero-order valence-electron chi connectivity index (χ0n) is 18.6. The molecule has 3 rings (SSSR count). The van der Waals surface area contributed by atoms with Crippen LogP contribution in [0.3, 0.4) is 0 Å². The summed E-state index contributed by atoms with van der Waals surface area (Å²) in [5, 5.41) is 33.9. The van der Waals surface area contributed by atoms with E-state index in [9.17, 15) is 34.9 Å². The van der Waals surface area contributed by atoms with E-state index in [2.05, 4.69) is 4.99 Å². The number of nitro groups is 2. The maximum absolute atomic E-state index is 12.2. The van der Waals surface area contributed by atoms with Crippen LogP contribution in [0, 0.1) is 20.2 Å². The van der Waals surface area contributed by atoms with Gasteiger partial charge in [0.1, 0.15) is 18.0 Å². The van der Waals surface area contributed by atoms with E-state index in [-0.39, 0.29) is 23.6 Å². The number of quaternary nitrogens is 1. The molecular formula is C22H20N5O8+. The van der Waals surface area contributed by atoms with E-state index < -0.39 is 37.8 Å². The molecule has 0 spiro atoms.